The first kappa shape index (κ1) is 12.2. The maximum Gasteiger partial charge on any atom is 0.227 e. The fraction of sp³-hybridized carbons (Fsp3) is 0.818. The molecule has 0 spiro atoms. The summed E-state index contributed by atoms with van der Waals surface area (Å²) in [6.45, 7) is 10.5. The summed E-state index contributed by atoms with van der Waals surface area (Å²) in [7, 11) is 0. The number of nitrogens with zero attached hydrogens (tertiary/aromatic N) is 2. The molecule has 0 bridgehead atoms. The van der Waals surface area contributed by atoms with Gasteiger partial charge in [0, 0.05) is 6.42 Å². The summed E-state index contributed by atoms with van der Waals surface area (Å²) in [6.07, 6.45) is 0.783. The van der Waals surface area contributed by atoms with E-state index < -0.39 is 0 Å². The molecular weight excluding hydrogens is 190 g/mol. The third kappa shape index (κ3) is 3.63. The topological polar surface area (TPSA) is 64.9 Å². The molecule has 0 fully saturated rings. The summed E-state index contributed by atoms with van der Waals surface area (Å²) in [5.74, 6) is 1.61. The van der Waals surface area contributed by atoms with Crippen molar-refractivity contribution < 1.29 is 4.52 Å². The zero-order valence-electron chi connectivity index (χ0n) is 10.2. The Balaban J connectivity index is 2.72. The fourth-order valence-electron chi connectivity index (χ4n) is 1.23. The minimum atomic E-state index is -0.137. The highest BCUT2D eigenvalue weighted by atomic mass is 16.5. The SMILES string of the molecule is CC(C)C(N)c1noc(CC(C)(C)C)n1. The van der Waals surface area contributed by atoms with E-state index in [-0.39, 0.29) is 11.5 Å². The number of rotatable bonds is 3. The van der Waals surface area contributed by atoms with Crippen molar-refractivity contribution in [3.63, 3.8) is 0 Å². The van der Waals surface area contributed by atoms with Gasteiger partial charge in [0.25, 0.3) is 0 Å². The number of nitrogens with two attached hydrogens (primary N) is 1. The zero-order chi connectivity index (χ0) is 11.6. The van der Waals surface area contributed by atoms with Crippen molar-refractivity contribution in [1.29, 1.82) is 0 Å². The Labute approximate surface area is 91.2 Å². The molecule has 0 aliphatic rings. The predicted molar refractivity (Wildman–Crippen MR) is 59.2 cm³/mol. The summed E-state index contributed by atoms with van der Waals surface area (Å²) in [6, 6.07) is -0.137. The van der Waals surface area contributed by atoms with Gasteiger partial charge < -0.3 is 10.3 Å². The molecule has 1 unspecified atom stereocenters. The molecule has 4 heteroatoms. The molecule has 0 saturated heterocycles. The lowest BCUT2D eigenvalue weighted by Gasteiger charge is -2.14. The van der Waals surface area contributed by atoms with Crippen LogP contribution >= 0.6 is 0 Å². The first-order chi connectivity index (χ1) is 6.79. The van der Waals surface area contributed by atoms with Crippen molar-refractivity contribution in [3.8, 4) is 0 Å². The van der Waals surface area contributed by atoms with E-state index in [1.165, 1.54) is 0 Å². The highest BCUT2D eigenvalue weighted by Gasteiger charge is 2.20. The van der Waals surface area contributed by atoms with E-state index in [0.29, 0.717) is 17.6 Å². The smallest absolute Gasteiger partial charge is 0.227 e. The van der Waals surface area contributed by atoms with Gasteiger partial charge in [-0.3, -0.25) is 0 Å². The minimum Gasteiger partial charge on any atom is -0.339 e. The quantitative estimate of drug-likeness (QED) is 0.833. The second kappa shape index (κ2) is 4.31. The van der Waals surface area contributed by atoms with Crippen LogP contribution in [0.25, 0.3) is 0 Å². The molecule has 1 rings (SSSR count). The third-order valence-corrected chi connectivity index (χ3v) is 2.18. The first-order valence-electron chi connectivity index (χ1n) is 5.37. The average molecular weight is 211 g/mol. The van der Waals surface area contributed by atoms with E-state index in [2.05, 4.69) is 30.9 Å². The van der Waals surface area contributed by atoms with Gasteiger partial charge in [0.15, 0.2) is 5.82 Å². The molecule has 2 N–H and O–H groups in total. The van der Waals surface area contributed by atoms with Gasteiger partial charge in [-0.05, 0) is 11.3 Å². The molecule has 0 amide bonds. The van der Waals surface area contributed by atoms with E-state index >= 15 is 0 Å². The zero-order valence-corrected chi connectivity index (χ0v) is 10.2. The van der Waals surface area contributed by atoms with Crippen LogP contribution in [0.15, 0.2) is 4.52 Å². The average Bonchev–Trinajstić information content (AvgIpc) is 2.48. The van der Waals surface area contributed by atoms with Gasteiger partial charge in [-0.15, -0.1) is 0 Å². The number of hydrogen-bond acceptors (Lipinski definition) is 4. The van der Waals surface area contributed by atoms with Crippen LogP contribution in [0.2, 0.25) is 0 Å². The van der Waals surface area contributed by atoms with Crippen LogP contribution in [0.1, 0.15) is 52.4 Å². The van der Waals surface area contributed by atoms with E-state index in [1.807, 2.05) is 13.8 Å². The Kier molecular flexibility index (Phi) is 3.50. The van der Waals surface area contributed by atoms with E-state index in [1.54, 1.807) is 0 Å². The minimum absolute atomic E-state index is 0.137. The Morgan fingerprint density at radius 2 is 1.93 bits per heavy atom. The van der Waals surface area contributed by atoms with E-state index in [9.17, 15) is 0 Å². The first-order valence-corrected chi connectivity index (χ1v) is 5.37. The maximum absolute atomic E-state index is 5.93. The molecule has 15 heavy (non-hydrogen) atoms. The largest absolute Gasteiger partial charge is 0.339 e. The molecule has 0 aromatic carbocycles. The Hall–Kier alpha value is -0.900. The highest BCUT2D eigenvalue weighted by Crippen LogP contribution is 2.21. The molecule has 0 aliphatic carbocycles. The van der Waals surface area contributed by atoms with E-state index in [4.69, 9.17) is 10.3 Å². The molecular formula is C11H21N3O. The monoisotopic (exact) mass is 211 g/mol. The Morgan fingerprint density at radius 1 is 1.33 bits per heavy atom. The lowest BCUT2D eigenvalue weighted by Crippen LogP contribution is -2.18. The predicted octanol–water partition coefficient (Wildman–Crippen LogP) is 2.31. The van der Waals surface area contributed by atoms with Crippen LogP contribution in [-0.2, 0) is 6.42 Å². The van der Waals surface area contributed by atoms with Crippen LogP contribution in [0.4, 0.5) is 0 Å². The Bertz CT molecular complexity index is 312. The van der Waals surface area contributed by atoms with E-state index in [0.717, 1.165) is 6.42 Å². The molecule has 0 aliphatic heterocycles. The van der Waals surface area contributed by atoms with Crippen molar-refractivity contribution in [3.05, 3.63) is 11.7 Å². The fourth-order valence-corrected chi connectivity index (χ4v) is 1.23. The van der Waals surface area contributed by atoms with Crippen LogP contribution in [0.3, 0.4) is 0 Å². The van der Waals surface area contributed by atoms with Crippen LogP contribution in [-0.4, -0.2) is 10.1 Å². The Morgan fingerprint density at radius 3 is 2.40 bits per heavy atom. The number of aromatic nitrogens is 2. The molecule has 0 saturated carbocycles. The molecule has 1 aromatic rings. The van der Waals surface area contributed by atoms with Crippen molar-refractivity contribution in [1.82, 2.24) is 10.1 Å². The molecule has 1 aromatic heterocycles. The van der Waals surface area contributed by atoms with Crippen molar-refractivity contribution in [2.24, 2.45) is 17.1 Å². The van der Waals surface area contributed by atoms with Crippen molar-refractivity contribution in [2.45, 2.75) is 47.1 Å². The molecule has 4 nitrogen and oxygen atoms in total. The van der Waals surface area contributed by atoms with Gasteiger partial charge in [-0.1, -0.05) is 39.8 Å². The third-order valence-electron chi connectivity index (χ3n) is 2.18. The standard InChI is InChI=1S/C11H21N3O/c1-7(2)9(12)10-13-8(15-14-10)6-11(3,4)5/h7,9H,6,12H2,1-5H3. The summed E-state index contributed by atoms with van der Waals surface area (Å²) in [5.41, 5.74) is 6.09. The molecule has 0 radical (unpaired) electrons. The summed E-state index contributed by atoms with van der Waals surface area (Å²) < 4.78 is 5.17. The van der Waals surface area contributed by atoms with Gasteiger partial charge in [0.1, 0.15) is 0 Å². The summed E-state index contributed by atoms with van der Waals surface area (Å²) >= 11 is 0. The summed E-state index contributed by atoms with van der Waals surface area (Å²) in [4.78, 5) is 4.31. The molecule has 1 atom stereocenters. The second-order valence-electron chi connectivity index (χ2n) is 5.55. The second-order valence-corrected chi connectivity index (χ2v) is 5.55. The van der Waals surface area contributed by atoms with Gasteiger partial charge in [-0.25, -0.2) is 0 Å². The van der Waals surface area contributed by atoms with Crippen LogP contribution in [0, 0.1) is 11.3 Å². The van der Waals surface area contributed by atoms with Crippen molar-refractivity contribution in [2.75, 3.05) is 0 Å². The van der Waals surface area contributed by atoms with Crippen LogP contribution in [0.5, 0.6) is 0 Å². The lowest BCUT2D eigenvalue weighted by atomic mass is 9.92. The number of hydrogen-bond donors (Lipinski definition) is 1. The van der Waals surface area contributed by atoms with Gasteiger partial charge in [0.05, 0.1) is 6.04 Å². The normalized spacial score (nSPS) is 14.6. The molecule has 86 valence electrons. The summed E-state index contributed by atoms with van der Waals surface area (Å²) in [5, 5.41) is 3.91. The van der Waals surface area contributed by atoms with Crippen LogP contribution < -0.4 is 5.73 Å². The van der Waals surface area contributed by atoms with Gasteiger partial charge in [0.2, 0.25) is 5.89 Å². The van der Waals surface area contributed by atoms with Gasteiger partial charge >= 0.3 is 0 Å². The maximum atomic E-state index is 5.93. The van der Waals surface area contributed by atoms with Crippen molar-refractivity contribution >= 4 is 0 Å². The van der Waals surface area contributed by atoms with Gasteiger partial charge in [-0.2, -0.15) is 4.98 Å². The molecule has 1 heterocycles. The highest BCUT2D eigenvalue weighted by molar-refractivity contribution is 4.95. The lowest BCUT2D eigenvalue weighted by molar-refractivity contribution is 0.310.